The monoisotopic (exact) mass is 271 g/mol. The lowest BCUT2D eigenvalue weighted by molar-refractivity contribution is -0.144. The molecule has 2 atom stereocenters. The number of nitrogens with zero attached hydrogens (tertiary/aromatic N) is 2. The number of aliphatic carboxylic acids is 1. The molecule has 1 fully saturated rings. The van der Waals surface area contributed by atoms with Crippen molar-refractivity contribution in [2.24, 2.45) is 0 Å². The van der Waals surface area contributed by atoms with Gasteiger partial charge >= 0.3 is 5.97 Å². The summed E-state index contributed by atoms with van der Waals surface area (Å²) in [4.78, 5) is 16.0. The summed E-state index contributed by atoms with van der Waals surface area (Å²) in [5.74, 6) is -0.754. The fourth-order valence-corrected chi connectivity index (χ4v) is 2.70. The molecule has 0 aromatic carbocycles. The fourth-order valence-electron chi connectivity index (χ4n) is 2.70. The highest BCUT2D eigenvalue weighted by Crippen LogP contribution is 2.17. The minimum Gasteiger partial charge on any atom is -0.480 e. The standard InChI is InChI=1S/C14H29N3O2/c1-5-15-14(2,13(18)19)8-10-17-9-6-7-12(11-17)16(3)4/h12,15H,5-11H2,1-4H3,(H,18,19). The van der Waals surface area contributed by atoms with Crippen LogP contribution in [0.5, 0.6) is 0 Å². The van der Waals surface area contributed by atoms with Gasteiger partial charge in [-0.3, -0.25) is 4.79 Å². The van der Waals surface area contributed by atoms with E-state index in [0.29, 0.717) is 19.0 Å². The van der Waals surface area contributed by atoms with E-state index in [1.165, 1.54) is 12.8 Å². The third-order valence-corrected chi connectivity index (χ3v) is 4.18. The molecule has 1 saturated heterocycles. The zero-order valence-corrected chi connectivity index (χ0v) is 12.8. The number of nitrogens with one attached hydrogen (secondary N) is 1. The van der Waals surface area contributed by atoms with Gasteiger partial charge in [-0.25, -0.2) is 0 Å². The molecule has 0 amide bonds. The Kier molecular flexibility index (Phi) is 6.23. The summed E-state index contributed by atoms with van der Waals surface area (Å²) in [6, 6.07) is 0.601. The summed E-state index contributed by atoms with van der Waals surface area (Å²) in [7, 11) is 4.24. The van der Waals surface area contributed by atoms with Crippen LogP contribution in [-0.2, 0) is 4.79 Å². The average Bonchev–Trinajstić information content (AvgIpc) is 2.37. The maximum Gasteiger partial charge on any atom is 0.323 e. The van der Waals surface area contributed by atoms with Gasteiger partial charge in [0.15, 0.2) is 0 Å². The number of carboxylic acid groups (broad SMARTS) is 1. The Morgan fingerprint density at radius 1 is 1.53 bits per heavy atom. The van der Waals surface area contributed by atoms with Crippen LogP contribution in [0.15, 0.2) is 0 Å². The van der Waals surface area contributed by atoms with Crippen molar-refractivity contribution in [3.8, 4) is 0 Å². The molecule has 2 unspecified atom stereocenters. The summed E-state index contributed by atoms with van der Waals surface area (Å²) in [6.45, 7) is 7.40. The number of rotatable bonds is 7. The molecular formula is C14H29N3O2. The van der Waals surface area contributed by atoms with Crippen LogP contribution in [0.3, 0.4) is 0 Å². The van der Waals surface area contributed by atoms with E-state index in [-0.39, 0.29) is 0 Å². The minimum absolute atomic E-state index is 0.601. The van der Waals surface area contributed by atoms with E-state index in [1.54, 1.807) is 6.92 Å². The van der Waals surface area contributed by atoms with E-state index >= 15 is 0 Å². The van der Waals surface area contributed by atoms with E-state index in [0.717, 1.165) is 19.6 Å². The van der Waals surface area contributed by atoms with E-state index in [4.69, 9.17) is 0 Å². The summed E-state index contributed by atoms with van der Waals surface area (Å²) < 4.78 is 0. The third kappa shape index (κ3) is 4.75. The van der Waals surface area contributed by atoms with Crippen LogP contribution in [0.4, 0.5) is 0 Å². The number of carboxylic acids is 1. The highest BCUT2D eigenvalue weighted by Gasteiger charge is 2.33. The van der Waals surface area contributed by atoms with Gasteiger partial charge in [0.25, 0.3) is 0 Å². The van der Waals surface area contributed by atoms with E-state index in [1.807, 2.05) is 6.92 Å². The molecule has 1 rings (SSSR count). The van der Waals surface area contributed by atoms with Crippen molar-refractivity contribution in [2.75, 3.05) is 40.3 Å². The highest BCUT2D eigenvalue weighted by molar-refractivity contribution is 5.78. The number of hydrogen-bond donors (Lipinski definition) is 2. The van der Waals surface area contributed by atoms with Gasteiger partial charge < -0.3 is 20.2 Å². The smallest absolute Gasteiger partial charge is 0.323 e. The first-order chi connectivity index (χ1) is 8.89. The molecule has 2 N–H and O–H groups in total. The number of hydrogen-bond acceptors (Lipinski definition) is 4. The van der Waals surface area contributed by atoms with Gasteiger partial charge in [0.05, 0.1) is 0 Å². The zero-order valence-electron chi connectivity index (χ0n) is 12.8. The SMILES string of the molecule is CCNC(C)(CCN1CCCC(N(C)C)C1)C(=O)O. The van der Waals surface area contributed by atoms with Gasteiger partial charge in [0.1, 0.15) is 5.54 Å². The largest absolute Gasteiger partial charge is 0.480 e. The van der Waals surface area contributed by atoms with E-state index in [2.05, 4.69) is 29.2 Å². The molecule has 0 aromatic heterocycles. The Morgan fingerprint density at radius 2 is 2.21 bits per heavy atom. The number of carbonyl (C=O) groups is 1. The summed E-state index contributed by atoms with van der Waals surface area (Å²) in [5, 5.41) is 12.4. The average molecular weight is 271 g/mol. The predicted octanol–water partition coefficient (Wildman–Crippen LogP) is 0.855. The minimum atomic E-state index is -0.806. The van der Waals surface area contributed by atoms with Crippen molar-refractivity contribution in [3.05, 3.63) is 0 Å². The second-order valence-electron chi connectivity index (χ2n) is 5.98. The molecular weight excluding hydrogens is 242 g/mol. The summed E-state index contributed by atoms with van der Waals surface area (Å²) in [6.07, 6.45) is 3.09. The van der Waals surface area contributed by atoms with E-state index < -0.39 is 11.5 Å². The molecule has 0 spiro atoms. The van der Waals surface area contributed by atoms with Crippen LogP contribution in [-0.4, -0.2) is 72.7 Å². The molecule has 112 valence electrons. The summed E-state index contributed by atoms with van der Waals surface area (Å²) in [5.41, 5.74) is -0.806. The van der Waals surface area contributed by atoms with Crippen molar-refractivity contribution < 1.29 is 9.90 Å². The molecule has 5 nitrogen and oxygen atoms in total. The van der Waals surface area contributed by atoms with Gasteiger partial charge in [-0.2, -0.15) is 0 Å². The Bertz CT molecular complexity index is 296. The van der Waals surface area contributed by atoms with Gasteiger partial charge in [-0.1, -0.05) is 6.92 Å². The van der Waals surface area contributed by atoms with Gasteiger partial charge in [0, 0.05) is 19.1 Å². The van der Waals surface area contributed by atoms with Crippen molar-refractivity contribution in [3.63, 3.8) is 0 Å². The topological polar surface area (TPSA) is 55.8 Å². The Balaban J connectivity index is 2.48. The second kappa shape index (κ2) is 7.22. The van der Waals surface area contributed by atoms with Crippen molar-refractivity contribution in [2.45, 2.75) is 44.7 Å². The molecule has 0 saturated carbocycles. The fraction of sp³-hybridized carbons (Fsp3) is 0.929. The summed E-state index contributed by atoms with van der Waals surface area (Å²) >= 11 is 0. The molecule has 1 heterocycles. The van der Waals surface area contributed by atoms with Crippen LogP contribution < -0.4 is 5.32 Å². The Hall–Kier alpha value is -0.650. The van der Waals surface area contributed by atoms with Crippen LogP contribution in [0, 0.1) is 0 Å². The Morgan fingerprint density at radius 3 is 2.74 bits per heavy atom. The lowest BCUT2D eigenvalue weighted by Crippen LogP contribution is -2.53. The number of piperidine rings is 1. The quantitative estimate of drug-likeness (QED) is 0.719. The van der Waals surface area contributed by atoms with Crippen LogP contribution in [0.2, 0.25) is 0 Å². The first-order valence-electron chi connectivity index (χ1n) is 7.26. The van der Waals surface area contributed by atoms with Crippen molar-refractivity contribution in [1.29, 1.82) is 0 Å². The van der Waals surface area contributed by atoms with Gasteiger partial charge in [-0.05, 0) is 53.4 Å². The molecule has 1 aliphatic heterocycles. The van der Waals surface area contributed by atoms with Crippen molar-refractivity contribution in [1.82, 2.24) is 15.1 Å². The first-order valence-corrected chi connectivity index (χ1v) is 7.26. The lowest BCUT2D eigenvalue weighted by atomic mass is 9.96. The number of likely N-dealkylation sites (tertiary alicyclic amines) is 1. The van der Waals surface area contributed by atoms with E-state index in [9.17, 15) is 9.90 Å². The van der Waals surface area contributed by atoms with Crippen LogP contribution in [0.25, 0.3) is 0 Å². The maximum atomic E-state index is 11.4. The predicted molar refractivity (Wildman–Crippen MR) is 77.5 cm³/mol. The van der Waals surface area contributed by atoms with Crippen LogP contribution >= 0.6 is 0 Å². The third-order valence-electron chi connectivity index (χ3n) is 4.18. The van der Waals surface area contributed by atoms with Gasteiger partial charge in [0.2, 0.25) is 0 Å². The Labute approximate surface area is 117 Å². The molecule has 0 radical (unpaired) electrons. The normalized spacial score (nSPS) is 24.4. The zero-order chi connectivity index (χ0) is 14.5. The molecule has 0 aliphatic carbocycles. The lowest BCUT2D eigenvalue weighted by Gasteiger charge is -2.37. The first kappa shape index (κ1) is 16.4. The number of likely N-dealkylation sites (N-methyl/N-ethyl adjacent to an activating group) is 2. The maximum absolute atomic E-state index is 11.4. The highest BCUT2D eigenvalue weighted by atomic mass is 16.4. The molecule has 5 heteroatoms. The molecule has 0 aromatic rings. The molecule has 19 heavy (non-hydrogen) atoms. The van der Waals surface area contributed by atoms with Crippen molar-refractivity contribution >= 4 is 5.97 Å². The molecule has 1 aliphatic rings. The second-order valence-corrected chi connectivity index (χ2v) is 5.98. The molecule has 0 bridgehead atoms. The van der Waals surface area contributed by atoms with Crippen LogP contribution in [0.1, 0.15) is 33.1 Å². The van der Waals surface area contributed by atoms with Gasteiger partial charge in [-0.15, -0.1) is 0 Å².